The van der Waals surface area contributed by atoms with Crippen molar-refractivity contribution in [3.8, 4) is 0 Å². The van der Waals surface area contributed by atoms with Crippen LogP contribution in [0, 0.1) is 29.1 Å². The van der Waals surface area contributed by atoms with E-state index in [2.05, 4.69) is 6.92 Å². The summed E-state index contributed by atoms with van der Waals surface area (Å²) < 4.78 is 28.9. The number of benzene rings is 1. The minimum Gasteiger partial charge on any atom is -0.462 e. The minimum absolute atomic E-state index is 0.0272. The molecular weight excluding hydrogens is 450 g/mol. The summed E-state index contributed by atoms with van der Waals surface area (Å²) in [6.07, 6.45) is 11.0. The fraction of sp³-hybridized carbons (Fsp3) is 0.630. The summed E-state index contributed by atoms with van der Waals surface area (Å²) in [7, 11) is -3.71. The van der Waals surface area contributed by atoms with Crippen LogP contribution in [0.3, 0.4) is 0 Å². The van der Waals surface area contributed by atoms with Gasteiger partial charge >= 0.3 is 5.97 Å². The first-order valence-electron chi connectivity index (χ1n) is 12.7. The smallest absolute Gasteiger partial charge is 0.306 e. The minimum atomic E-state index is -3.71. The van der Waals surface area contributed by atoms with E-state index in [4.69, 9.17) is 9.88 Å². The Hall–Kier alpha value is -1.99. The second kappa shape index (κ2) is 8.90. The predicted octanol–water partition coefficient (Wildman–Crippen LogP) is 4.32. The SMILES string of the molecule is C[C@]12CCC3C4CCC(=O)C=C4CCC3C1CC[C@@H]2OC(=O)CCc1ccc(S(N)(=O)=O)cc1. The molecule has 5 rings (SSSR count). The standard InChI is InChI=1S/C27H35NO5S/c1-27-15-14-22-21-10-6-19(29)16-18(21)5-9-23(22)24(27)11-12-25(27)33-26(30)13-4-17-2-7-20(8-3-17)34(28,31)32/h2-3,7-8,16,21-25H,4-6,9-15H2,1H3,(H2,28,31,32)/t21?,22?,23?,24?,25-,27-/m0/s1. The van der Waals surface area contributed by atoms with Crippen molar-refractivity contribution in [2.45, 2.75) is 82.1 Å². The molecule has 0 saturated heterocycles. The van der Waals surface area contributed by atoms with Gasteiger partial charge in [0.1, 0.15) is 6.10 Å². The van der Waals surface area contributed by atoms with Crippen molar-refractivity contribution < 1.29 is 22.7 Å². The zero-order valence-electron chi connectivity index (χ0n) is 19.9. The van der Waals surface area contributed by atoms with Crippen molar-refractivity contribution in [1.82, 2.24) is 0 Å². The third-order valence-corrected chi connectivity index (χ3v) is 10.3. The summed E-state index contributed by atoms with van der Waals surface area (Å²) in [6.45, 7) is 2.33. The summed E-state index contributed by atoms with van der Waals surface area (Å²) in [5, 5.41) is 5.15. The second-order valence-electron chi connectivity index (χ2n) is 11.1. The number of primary sulfonamides is 1. The number of allylic oxidation sites excluding steroid dienone is 1. The van der Waals surface area contributed by atoms with E-state index < -0.39 is 10.0 Å². The highest BCUT2D eigenvalue weighted by Crippen LogP contribution is 2.62. The Morgan fingerprint density at radius 1 is 1.06 bits per heavy atom. The van der Waals surface area contributed by atoms with Gasteiger partial charge in [-0.3, -0.25) is 9.59 Å². The van der Waals surface area contributed by atoms with Crippen LogP contribution in [-0.2, 0) is 30.8 Å². The Kier molecular flexibility index (Phi) is 6.22. The highest BCUT2D eigenvalue weighted by Gasteiger charge is 2.57. The number of fused-ring (bicyclic) bond motifs is 5. The fourth-order valence-corrected chi connectivity index (χ4v) is 8.15. The van der Waals surface area contributed by atoms with Gasteiger partial charge < -0.3 is 4.74 Å². The average Bonchev–Trinajstić information content (AvgIpc) is 3.13. The number of nitrogens with two attached hydrogens (primary N) is 1. The molecule has 0 amide bonds. The van der Waals surface area contributed by atoms with Crippen LogP contribution in [0.25, 0.3) is 0 Å². The zero-order chi connectivity index (χ0) is 24.1. The third kappa shape index (κ3) is 4.37. The van der Waals surface area contributed by atoms with Gasteiger partial charge in [0, 0.05) is 18.3 Å². The largest absolute Gasteiger partial charge is 0.462 e. The molecule has 184 valence electrons. The number of sulfonamides is 1. The van der Waals surface area contributed by atoms with Crippen molar-refractivity contribution in [3.05, 3.63) is 41.5 Å². The van der Waals surface area contributed by atoms with Crippen LogP contribution in [0.5, 0.6) is 0 Å². The lowest BCUT2D eigenvalue weighted by atomic mass is 9.52. The number of carbonyl (C=O) groups is 2. The van der Waals surface area contributed by atoms with Gasteiger partial charge in [0.25, 0.3) is 0 Å². The summed E-state index contributed by atoms with van der Waals surface area (Å²) in [6, 6.07) is 6.35. The van der Waals surface area contributed by atoms with Crippen molar-refractivity contribution in [2.24, 2.45) is 34.2 Å². The third-order valence-electron chi connectivity index (χ3n) is 9.36. The van der Waals surface area contributed by atoms with Gasteiger partial charge in [-0.1, -0.05) is 24.6 Å². The number of rotatable bonds is 5. The average molecular weight is 486 g/mol. The molecule has 1 aromatic carbocycles. The van der Waals surface area contributed by atoms with Gasteiger partial charge in [0.05, 0.1) is 4.90 Å². The molecule has 6 atom stereocenters. The molecule has 34 heavy (non-hydrogen) atoms. The molecule has 0 spiro atoms. The van der Waals surface area contributed by atoms with E-state index in [1.54, 1.807) is 12.1 Å². The van der Waals surface area contributed by atoms with Gasteiger partial charge in [-0.2, -0.15) is 0 Å². The summed E-state index contributed by atoms with van der Waals surface area (Å²) in [5.41, 5.74) is 2.33. The molecule has 0 aliphatic heterocycles. The molecule has 0 bridgehead atoms. The van der Waals surface area contributed by atoms with E-state index in [1.165, 1.54) is 17.7 Å². The number of hydrogen-bond acceptors (Lipinski definition) is 5. The predicted molar refractivity (Wildman–Crippen MR) is 128 cm³/mol. The van der Waals surface area contributed by atoms with Gasteiger partial charge in [0.2, 0.25) is 10.0 Å². The lowest BCUT2D eigenvalue weighted by Gasteiger charge is -2.53. The maximum Gasteiger partial charge on any atom is 0.306 e. The van der Waals surface area contributed by atoms with Crippen LogP contribution >= 0.6 is 0 Å². The number of ether oxygens (including phenoxy) is 1. The maximum atomic E-state index is 12.7. The van der Waals surface area contributed by atoms with Gasteiger partial charge in [-0.15, -0.1) is 0 Å². The molecular formula is C27H35NO5S. The van der Waals surface area contributed by atoms with Crippen molar-refractivity contribution in [2.75, 3.05) is 0 Å². The van der Waals surface area contributed by atoms with Gasteiger partial charge in [0.15, 0.2) is 5.78 Å². The van der Waals surface area contributed by atoms with E-state index in [-0.39, 0.29) is 28.8 Å². The molecule has 1 aromatic rings. The highest BCUT2D eigenvalue weighted by molar-refractivity contribution is 7.89. The van der Waals surface area contributed by atoms with Crippen molar-refractivity contribution >= 4 is 21.8 Å². The Labute approximate surface area is 202 Å². The number of aryl methyl sites for hydroxylation is 1. The summed E-state index contributed by atoms with van der Waals surface area (Å²) in [4.78, 5) is 24.7. The fourth-order valence-electron chi connectivity index (χ4n) is 7.64. The Morgan fingerprint density at radius 2 is 1.82 bits per heavy atom. The normalized spacial score (nSPS) is 35.1. The molecule has 3 fully saturated rings. The number of hydrogen-bond donors (Lipinski definition) is 1. The monoisotopic (exact) mass is 485 g/mol. The lowest BCUT2D eigenvalue weighted by molar-refractivity contribution is -0.158. The van der Waals surface area contributed by atoms with E-state index in [0.717, 1.165) is 50.5 Å². The van der Waals surface area contributed by atoms with Crippen molar-refractivity contribution in [3.63, 3.8) is 0 Å². The molecule has 0 aromatic heterocycles. The van der Waals surface area contributed by atoms with Crippen LogP contribution in [0.4, 0.5) is 0 Å². The van der Waals surface area contributed by atoms with Crippen LogP contribution in [-0.4, -0.2) is 26.3 Å². The molecule has 3 saturated carbocycles. The van der Waals surface area contributed by atoms with Crippen molar-refractivity contribution in [1.29, 1.82) is 0 Å². The quantitative estimate of drug-likeness (QED) is 0.626. The van der Waals surface area contributed by atoms with Crippen LogP contribution in [0.15, 0.2) is 40.8 Å². The number of ketones is 1. The Bertz CT molecular complexity index is 1110. The number of esters is 1. The first-order valence-corrected chi connectivity index (χ1v) is 14.2. The molecule has 6 nitrogen and oxygen atoms in total. The number of carbonyl (C=O) groups excluding carboxylic acids is 2. The molecule has 2 N–H and O–H groups in total. The maximum absolute atomic E-state index is 12.7. The van der Waals surface area contributed by atoms with E-state index in [1.807, 2.05) is 6.08 Å². The first kappa shape index (κ1) is 23.7. The molecule has 4 aliphatic carbocycles. The Morgan fingerprint density at radius 3 is 2.56 bits per heavy atom. The van der Waals surface area contributed by atoms with Gasteiger partial charge in [-0.05, 0) is 98.8 Å². The summed E-state index contributed by atoms with van der Waals surface area (Å²) in [5.74, 6) is 2.66. The highest BCUT2D eigenvalue weighted by atomic mass is 32.2. The second-order valence-corrected chi connectivity index (χ2v) is 12.7. The van der Waals surface area contributed by atoms with E-state index in [9.17, 15) is 18.0 Å². The van der Waals surface area contributed by atoms with Gasteiger partial charge in [-0.25, -0.2) is 13.6 Å². The molecule has 0 radical (unpaired) electrons. The molecule has 7 heteroatoms. The topological polar surface area (TPSA) is 104 Å². The molecule has 0 heterocycles. The summed E-state index contributed by atoms with van der Waals surface area (Å²) >= 11 is 0. The van der Waals surface area contributed by atoms with Crippen LogP contribution < -0.4 is 5.14 Å². The van der Waals surface area contributed by atoms with E-state index >= 15 is 0 Å². The molecule has 4 aliphatic rings. The lowest BCUT2D eigenvalue weighted by Crippen LogP contribution is -2.48. The molecule has 4 unspecified atom stereocenters. The van der Waals surface area contributed by atoms with Crippen LogP contribution in [0.2, 0.25) is 0 Å². The zero-order valence-corrected chi connectivity index (χ0v) is 20.7. The Balaban J connectivity index is 1.19. The van der Waals surface area contributed by atoms with E-state index in [0.29, 0.717) is 42.3 Å². The first-order chi connectivity index (χ1) is 16.1. The van der Waals surface area contributed by atoms with Crippen LogP contribution in [0.1, 0.15) is 70.3 Å².